The van der Waals surface area contributed by atoms with E-state index in [1.165, 1.54) is 19.3 Å². The number of aromatic nitrogens is 3. The third kappa shape index (κ3) is 2.97. The monoisotopic (exact) mass is 265 g/mol. The van der Waals surface area contributed by atoms with Crippen LogP contribution in [0.5, 0.6) is 0 Å². The van der Waals surface area contributed by atoms with Crippen molar-refractivity contribution in [1.82, 2.24) is 15.0 Å². The van der Waals surface area contributed by atoms with Crippen LogP contribution in [0.1, 0.15) is 38.3 Å². The van der Waals surface area contributed by atoms with E-state index in [-0.39, 0.29) is 6.61 Å². The van der Waals surface area contributed by atoms with Crippen LogP contribution < -0.4 is 0 Å². The Hall–Kier alpha value is -1.20. The van der Waals surface area contributed by atoms with E-state index in [9.17, 15) is 5.11 Å². The summed E-state index contributed by atoms with van der Waals surface area (Å²) in [6.45, 7) is 3.03. The van der Waals surface area contributed by atoms with E-state index in [2.05, 4.69) is 17.2 Å². The van der Waals surface area contributed by atoms with Gasteiger partial charge in [-0.25, -0.2) is 4.68 Å². The molecule has 0 aliphatic rings. The summed E-state index contributed by atoms with van der Waals surface area (Å²) < 4.78 is 1.92. The highest BCUT2D eigenvalue weighted by Crippen LogP contribution is 2.27. The minimum Gasteiger partial charge on any atom is -0.390 e. The van der Waals surface area contributed by atoms with Crippen molar-refractivity contribution in [3.8, 4) is 10.6 Å². The second-order valence-corrected chi connectivity index (χ2v) is 5.25. The van der Waals surface area contributed by atoms with Crippen LogP contribution in [0.3, 0.4) is 0 Å². The minimum absolute atomic E-state index is 0.0534. The van der Waals surface area contributed by atoms with Gasteiger partial charge in [0.1, 0.15) is 11.4 Å². The molecule has 2 aromatic rings. The number of aryl methyl sites for hydroxylation is 1. The van der Waals surface area contributed by atoms with E-state index < -0.39 is 0 Å². The van der Waals surface area contributed by atoms with Crippen LogP contribution in [0.4, 0.5) is 0 Å². The number of nitrogens with zero attached hydrogens (tertiary/aromatic N) is 3. The van der Waals surface area contributed by atoms with E-state index >= 15 is 0 Å². The van der Waals surface area contributed by atoms with Crippen LogP contribution in [-0.2, 0) is 13.2 Å². The Morgan fingerprint density at radius 3 is 2.89 bits per heavy atom. The summed E-state index contributed by atoms with van der Waals surface area (Å²) in [5.41, 5.74) is 1.65. The lowest BCUT2D eigenvalue weighted by Gasteiger charge is -2.05. The predicted molar refractivity (Wildman–Crippen MR) is 73.4 cm³/mol. The van der Waals surface area contributed by atoms with Crippen LogP contribution in [0.25, 0.3) is 10.6 Å². The lowest BCUT2D eigenvalue weighted by molar-refractivity contribution is 0.277. The van der Waals surface area contributed by atoms with Gasteiger partial charge in [-0.2, -0.15) is 0 Å². The molecule has 2 rings (SSSR count). The zero-order chi connectivity index (χ0) is 12.8. The van der Waals surface area contributed by atoms with E-state index in [1.807, 2.05) is 22.2 Å². The topological polar surface area (TPSA) is 50.9 Å². The maximum Gasteiger partial charge on any atom is 0.117 e. The quantitative estimate of drug-likeness (QED) is 0.783. The highest BCUT2D eigenvalue weighted by Gasteiger charge is 2.14. The van der Waals surface area contributed by atoms with Gasteiger partial charge < -0.3 is 5.11 Å². The number of thiophene rings is 1. The third-order valence-corrected chi connectivity index (χ3v) is 3.81. The Morgan fingerprint density at radius 1 is 1.33 bits per heavy atom. The van der Waals surface area contributed by atoms with Crippen molar-refractivity contribution in [3.63, 3.8) is 0 Å². The lowest BCUT2D eigenvalue weighted by Crippen LogP contribution is -2.02. The molecule has 98 valence electrons. The molecule has 1 N–H and O–H groups in total. The van der Waals surface area contributed by atoms with Gasteiger partial charge in [0, 0.05) is 6.54 Å². The van der Waals surface area contributed by atoms with Crippen molar-refractivity contribution in [2.45, 2.75) is 45.8 Å². The molecule has 0 fully saturated rings. The second kappa shape index (κ2) is 6.66. The molecule has 0 saturated carbocycles. The molecule has 0 aliphatic heterocycles. The Labute approximate surface area is 111 Å². The van der Waals surface area contributed by atoms with Gasteiger partial charge in [0.25, 0.3) is 0 Å². The molecule has 0 unspecified atom stereocenters. The van der Waals surface area contributed by atoms with Crippen LogP contribution in [0.2, 0.25) is 0 Å². The zero-order valence-corrected chi connectivity index (χ0v) is 11.5. The fourth-order valence-corrected chi connectivity index (χ4v) is 2.78. The first-order valence-corrected chi connectivity index (χ1v) is 7.32. The van der Waals surface area contributed by atoms with Gasteiger partial charge in [0.05, 0.1) is 11.5 Å². The second-order valence-electron chi connectivity index (χ2n) is 4.30. The predicted octanol–water partition coefficient (Wildman–Crippen LogP) is 3.08. The van der Waals surface area contributed by atoms with Crippen molar-refractivity contribution in [1.29, 1.82) is 0 Å². The number of unbranched alkanes of at least 4 members (excludes halogenated alkanes) is 3. The molecular formula is C13H19N3OS. The Balaban J connectivity index is 2.13. The largest absolute Gasteiger partial charge is 0.390 e. The third-order valence-electron chi connectivity index (χ3n) is 2.93. The molecule has 4 nitrogen and oxygen atoms in total. The van der Waals surface area contributed by atoms with Crippen LogP contribution in [-0.4, -0.2) is 20.1 Å². The molecule has 5 heteroatoms. The average Bonchev–Trinajstić information content (AvgIpc) is 3.02. The van der Waals surface area contributed by atoms with Crippen molar-refractivity contribution in [3.05, 3.63) is 23.2 Å². The van der Waals surface area contributed by atoms with E-state index in [0.29, 0.717) is 5.69 Å². The number of aliphatic hydroxyl groups is 1. The van der Waals surface area contributed by atoms with Crippen LogP contribution >= 0.6 is 11.3 Å². The van der Waals surface area contributed by atoms with Crippen LogP contribution in [0.15, 0.2) is 17.5 Å². The number of aliphatic hydroxyl groups excluding tert-OH is 1. The number of hydrogen-bond acceptors (Lipinski definition) is 4. The van der Waals surface area contributed by atoms with Gasteiger partial charge >= 0.3 is 0 Å². The molecule has 2 aromatic heterocycles. The molecule has 0 amide bonds. The average molecular weight is 265 g/mol. The van der Waals surface area contributed by atoms with E-state index in [0.717, 1.165) is 23.5 Å². The van der Waals surface area contributed by atoms with Crippen molar-refractivity contribution >= 4 is 11.3 Å². The van der Waals surface area contributed by atoms with Gasteiger partial charge in [-0.05, 0) is 17.9 Å². The molecule has 0 aliphatic carbocycles. The summed E-state index contributed by atoms with van der Waals surface area (Å²) in [6, 6.07) is 4.06. The summed E-state index contributed by atoms with van der Waals surface area (Å²) in [6.07, 6.45) is 4.82. The molecular weight excluding hydrogens is 246 g/mol. The molecule has 18 heavy (non-hydrogen) atoms. The number of hydrogen-bond donors (Lipinski definition) is 1. The summed E-state index contributed by atoms with van der Waals surface area (Å²) in [7, 11) is 0. The first-order chi connectivity index (χ1) is 8.86. The Morgan fingerprint density at radius 2 is 2.22 bits per heavy atom. The molecule has 0 radical (unpaired) electrons. The van der Waals surface area contributed by atoms with Gasteiger partial charge in [0.15, 0.2) is 0 Å². The highest BCUT2D eigenvalue weighted by atomic mass is 32.1. The Kier molecular flexibility index (Phi) is 4.90. The van der Waals surface area contributed by atoms with Gasteiger partial charge in [-0.15, -0.1) is 16.4 Å². The minimum atomic E-state index is -0.0534. The molecule has 0 saturated heterocycles. The smallest absolute Gasteiger partial charge is 0.117 e. The summed E-state index contributed by atoms with van der Waals surface area (Å²) in [5.74, 6) is 0. The van der Waals surface area contributed by atoms with Crippen molar-refractivity contribution in [2.24, 2.45) is 0 Å². The first-order valence-electron chi connectivity index (χ1n) is 6.44. The summed E-state index contributed by atoms with van der Waals surface area (Å²) in [4.78, 5) is 1.12. The van der Waals surface area contributed by atoms with Gasteiger partial charge in [-0.3, -0.25) is 0 Å². The SMILES string of the molecule is CCCCCCn1nnc(CO)c1-c1cccs1. The maximum absolute atomic E-state index is 9.33. The van der Waals surface area contributed by atoms with Crippen LogP contribution in [0, 0.1) is 0 Å². The van der Waals surface area contributed by atoms with E-state index in [4.69, 9.17) is 0 Å². The molecule has 0 bridgehead atoms. The van der Waals surface area contributed by atoms with E-state index in [1.54, 1.807) is 11.3 Å². The highest BCUT2D eigenvalue weighted by molar-refractivity contribution is 7.13. The Bertz CT molecular complexity index is 465. The zero-order valence-electron chi connectivity index (χ0n) is 10.7. The maximum atomic E-state index is 9.33. The first kappa shape index (κ1) is 13.2. The molecule has 0 atom stereocenters. The molecule has 0 spiro atoms. The standard InChI is InChI=1S/C13H19N3OS/c1-2-3-4-5-8-16-13(11(10-17)14-15-16)12-7-6-9-18-12/h6-7,9,17H,2-5,8,10H2,1H3. The fourth-order valence-electron chi connectivity index (χ4n) is 1.98. The summed E-state index contributed by atoms with van der Waals surface area (Å²) in [5, 5.41) is 19.6. The van der Waals surface area contributed by atoms with Gasteiger partial charge in [-0.1, -0.05) is 37.5 Å². The van der Waals surface area contributed by atoms with Crippen molar-refractivity contribution < 1.29 is 5.11 Å². The lowest BCUT2D eigenvalue weighted by atomic mass is 10.2. The normalized spacial score (nSPS) is 11.0. The van der Waals surface area contributed by atoms with Crippen molar-refractivity contribution in [2.75, 3.05) is 0 Å². The van der Waals surface area contributed by atoms with Gasteiger partial charge in [0.2, 0.25) is 0 Å². The fraction of sp³-hybridized carbons (Fsp3) is 0.538. The number of rotatable bonds is 7. The molecule has 0 aromatic carbocycles. The summed E-state index contributed by atoms with van der Waals surface area (Å²) >= 11 is 1.66. The molecule has 2 heterocycles.